The molecule has 3 rings (SSSR count). The summed E-state index contributed by atoms with van der Waals surface area (Å²) in [5, 5.41) is 14.7. The first-order valence-corrected chi connectivity index (χ1v) is 11.1. The number of nitrogens with one attached hydrogen (secondary N) is 1. The van der Waals surface area contributed by atoms with Crippen molar-refractivity contribution >= 4 is 34.7 Å². The molecule has 2 aliphatic heterocycles. The summed E-state index contributed by atoms with van der Waals surface area (Å²) in [6.45, 7) is 2.63. The fourth-order valence-corrected chi connectivity index (χ4v) is 4.86. The van der Waals surface area contributed by atoms with Crippen molar-refractivity contribution in [1.82, 2.24) is 15.3 Å². The van der Waals surface area contributed by atoms with Gasteiger partial charge < -0.3 is 10.4 Å². The lowest BCUT2D eigenvalue weighted by Crippen LogP contribution is -2.61. The molecule has 2 N–H and O–H groups in total. The Kier molecular flexibility index (Phi) is 7.49. The number of amides is 2. The van der Waals surface area contributed by atoms with E-state index < -0.39 is 23.3 Å². The third-order valence-corrected chi connectivity index (χ3v) is 6.39. The molecule has 2 amide bonds. The summed E-state index contributed by atoms with van der Waals surface area (Å²) in [4.78, 5) is 49.5. The van der Waals surface area contributed by atoms with Crippen LogP contribution in [0, 0.1) is 0 Å². The first-order chi connectivity index (χ1) is 14.4. The highest BCUT2D eigenvalue weighted by Gasteiger charge is 2.42. The minimum Gasteiger partial charge on any atom is -0.480 e. The van der Waals surface area contributed by atoms with Crippen molar-refractivity contribution in [2.75, 3.05) is 13.1 Å². The first-order valence-electron chi connectivity index (χ1n) is 10.2. The number of aliphatic carboxylic acids is 1. The van der Waals surface area contributed by atoms with Crippen molar-refractivity contribution in [2.45, 2.75) is 56.4 Å². The molecule has 0 radical (unpaired) electrons. The number of hydrazine groups is 1. The van der Waals surface area contributed by atoms with Crippen LogP contribution in [-0.2, 0) is 25.6 Å². The van der Waals surface area contributed by atoms with Gasteiger partial charge in [0.15, 0.2) is 5.12 Å². The average Bonchev–Trinajstić information content (AvgIpc) is 2.87. The highest BCUT2D eigenvalue weighted by Crippen LogP contribution is 2.25. The van der Waals surface area contributed by atoms with Crippen LogP contribution in [0.5, 0.6) is 0 Å². The Morgan fingerprint density at radius 3 is 2.47 bits per heavy atom. The second-order valence-electron chi connectivity index (χ2n) is 7.62. The van der Waals surface area contributed by atoms with Gasteiger partial charge in [0.1, 0.15) is 12.1 Å². The van der Waals surface area contributed by atoms with Crippen LogP contribution in [0.4, 0.5) is 0 Å². The number of benzene rings is 1. The Morgan fingerprint density at radius 2 is 1.83 bits per heavy atom. The molecule has 8 nitrogen and oxygen atoms in total. The van der Waals surface area contributed by atoms with Crippen molar-refractivity contribution in [1.29, 1.82) is 0 Å². The molecule has 0 aliphatic carbocycles. The van der Waals surface area contributed by atoms with Crippen molar-refractivity contribution < 1.29 is 24.3 Å². The molecule has 2 heterocycles. The topological polar surface area (TPSA) is 107 Å². The van der Waals surface area contributed by atoms with Gasteiger partial charge in [0.25, 0.3) is 5.91 Å². The lowest BCUT2D eigenvalue weighted by atomic mass is 10.1. The number of carboxylic acids is 1. The second kappa shape index (κ2) is 10.1. The highest BCUT2D eigenvalue weighted by molar-refractivity contribution is 8.14. The van der Waals surface area contributed by atoms with E-state index in [1.165, 1.54) is 11.9 Å². The zero-order valence-electron chi connectivity index (χ0n) is 17.0. The maximum absolute atomic E-state index is 13.2. The van der Waals surface area contributed by atoms with E-state index in [4.69, 9.17) is 0 Å². The SMILES string of the molecule is CC(=O)S[C@H](Cc1ccccc1)C(=O)NC1CCCN2CCC[C@@H](C(=O)O)N2C1=O. The largest absolute Gasteiger partial charge is 0.480 e. The van der Waals surface area contributed by atoms with Crippen LogP contribution in [0.25, 0.3) is 0 Å². The number of fused-ring (bicyclic) bond motifs is 1. The van der Waals surface area contributed by atoms with E-state index in [0.717, 1.165) is 17.3 Å². The molecule has 0 bridgehead atoms. The standard InChI is InChI=1S/C21H27N3O5S/c1-14(25)30-18(13-15-7-3-2-4-8-15)19(26)22-16-9-5-11-23-12-6-10-17(21(28)29)24(23)20(16)27/h2-4,7-8,16-18H,5-6,9-13H2,1H3,(H,22,26)(H,28,29)/t16?,17-,18+/m0/s1. The predicted molar refractivity (Wildman–Crippen MR) is 112 cm³/mol. The Balaban J connectivity index is 1.74. The molecular weight excluding hydrogens is 406 g/mol. The molecule has 2 fully saturated rings. The van der Waals surface area contributed by atoms with Crippen LogP contribution in [0.2, 0.25) is 0 Å². The molecule has 2 aliphatic rings. The van der Waals surface area contributed by atoms with Gasteiger partial charge in [-0.25, -0.2) is 9.80 Å². The number of hydrogen-bond acceptors (Lipinski definition) is 6. The maximum Gasteiger partial charge on any atom is 0.328 e. The maximum atomic E-state index is 13.2. The average molecular weight is 434 g/mol. The van der Waals surface area contributed by atoms with E-state index in [0.29, 0.717) is 45.2 Å². The molecule has 1 aromatic carbocycles. The number of rotatable bonds is 6. The molecule has 30 heavy (non-hydrogen) atoms. The molecule has 162 valence electrons. The monoisotopic (exact) mass is 433 g/mol. The van der Waals surface area contributed by atoms with E-state index in [-0.39, 0.29) is 16.9 Å². The Morgan fingerprint density at radius 1 is 1.17 bits per heavy atom. The molecule has 1 aromatic rings. The van der Waals surface area contributed by atoms with Gasteiger partial charge in [0.2, 0.25) is 5.91 Å². The number of carbonyl (C=O) groups excluding carboxylic acids is 3. The Hall–Kier alpha value is -2.39. The summed E-state index contributed by atoms with van der Waals surface area (Å²) in [5.41, 5.74) is 0.923. The summed E-state index contributed by atoms with van der Waals surface area (Å²) >= 11 is 0.945. The highest BCUT2D eigenvalue weighted by atomic mass is 32.2. The summed E-state index contributed by atoms with van der Waals surface area (Å²) in [5.74, 6) is -1.80. The van der Waals surface area contributed by atoms with Crippen molar-refractivity contribution in [2.24, 2.45) is 0 Å². The van der Waals surface area contributed by atoms with Gasteiger partial charge >= 0.3 is 5.97 Å². The smallest absolute Gasteiger partial charge is 0.328 e. The zero-order valence-corrected chi connectivity index (χ0v) is 17.8. The van der Waals surface area contributed by atoms with Crippen LogP contribution in [0.3, 0.4) is 0 Å². The van der Waals surface area contributed by atoms with Crippen LogP contribution >= 0.6 is 11.8 Å². The molecule has 0 saturated carbocycles. The van der Waals surface area contributed by atoms with Gasteiger partial charge in [-0.05, 0) is 37.7 Å². The second-order valence-corrected chi connectivity index (χ2v) is 9.00. The summed E-state index contributed by atoms with van der Waals surface area (Å²) < 4.78 is 0. The summed E-state index contributed by atoms with van der Waals surface area (Å²) in [6, 6.07) is 7.69. The number of carboxylic acid groups (broad SMARTS) is 1. The minimum absolute atomic E-state index is 0.175. The van der Waals surface area contributed by atoms with Gasteiger partial charge in [-0.2, -0.15) is 0 Å². The van der Waals surface area contributed by atoms with Gasteiger partial charge in [-0.3, -0.25) is 19.4 Å². The Bertz CT molecular complexity index is 803. The van der Waals surface area contributed by atoms with Crippen LogP contribution in [0.15, 0.2) is 30.3 Å². The lowest BCUT2D eigenvalue weighted by molar-refractivity contribution is -0.174. The molecule has 3 atom stereocenters. The van der Waals surface area contributed by atoms with Gasteiger partial charge in [-0.1, -0.05) is 42.1 Å². The molecule has 9 heteroatoms. The number of carbonyl (C=O) groups is 4. The normalized spacial score (nSPS) is 23.2. The van der Waals surface area contributed by atoms with Crippen molar-refractivity contribution in [3.05, 3.63) is 35.9 Å². The van der Waals surface area contributed by atoms with Gasteiger partial charge in [0.05, 0.1) is 5.25 Å². The van der Waals surface area contributed by atoms with E-state index in [9.17, 15) is 24.3 Å². The number of thioether (sulfide) groups is 1. The zero-order chi connectivity index (χ0) is 21.7. The van der Waals surface area contributed by atoms with E-state index in [1.54, 1.807) is 5.01 Å². The quantitative estimate of drug-likeness (QED) is 0.699. The fourth-order valence-electron chi connectivity index (χ4n) is 4.01. The Labute approximate surface area is 179 Å². The third kappa shape index (κ3) is 5.40. The first kappa shape index (κ1) is 22.3. The van der Waals surface area contributed by atoms with Crippen LogP contribution in [-0.4, -0.2) is 68.4 Å². The summed E-state index contributed by atoms with van der Waals surface area (Å²) in [7, 11) is 0. The molecule has 1 unspecified atom stereocenters. The van der Waals surface area contributed by atoms with E-state index in [2.05, 4.69) is 5.32 Å². The summed E-state index contributed by atoms with van der Waals surface area (Å²) in [6.07, 6.45) is 2.59. The molecular formula is C21H27N3O5S. The van der Waals surface area contributed by atoms with Crippen LogP contribution < -0.4 is 5.32 Å². The molecule has 0 spiro atoms. The van der Waals surface area contributed by atoms with Crippen molar-refractivity contribution in [3.63, 3.8) is 0 Å². The number of nitrogens with zero attached hydrogens (tertiary/aromatic N) is 2. The van der Waals surface area contributed by atoms with Crippen molar-refractivity contribution in [3.8, 4) is 0 Å². The van der Waals surface area contributed by atoms with Gasteiger partial charge in [0, 0.05) is 20.0 Å². The number of hydrogen-bond donors (Lipinski definition) is 2. The van der Waals surface area contributed by atoms with E-state index in [1.807, 2.05) is 30.3 Å². The lowest BCUT2D eigenvalue weighted by Gasteiger charge is -2.42. The van der Waals surface area contributed by atoms with E-state index >= 15 is 0 Å². The molecule has 0 aromatic heterocycles. The fraction of sp³-hybridized carbons (Fsp3) is 0.524. The third-order valence-electron chi connectivity index (χ3n) is 5.39. The van der Waals surface area contributed by atoms with Gasteiger partial charge in [-0.15, -0.1) is 0 Å². The minimum atomic E-state index is -1.03. The predicted octanol–water partition coefficient (Wildman–Crippen LogP) is 1.45. The van der Waals surface area contributed by atoms with Crippen LogP contribution in [0.1, 0.15) is 38.2 Å². The molecule has 2 saturated heterocycles.